The van der Waals surface area contributed by atoms with E-state index in [-0.39, 0.29) is 22.4 Å². The molecular formula is C15H24N2O3S. The van der Waals surface area contributed by atoms with Crippen molar-refractivity contribution in [2.75, 3.05) is 12.8 Å². The van der Waals surface area contributed by atoms with Gasteiger partial charge in [-0.05, 0) is 49.8 Å². The predicted molar refractivity (Wildman–Crippen MR) is 83.5 cm³/mol. The molecule has 0 aliphatic heterocycles. The number of anilines is 1. The number of hydrogen-bond acceptors (Lipinski definition) is 4. The van der Waals surface area contributed by atoms with Crippen LogP contribution in [-0.4, -0.2) is 30.9 Å². The molecule has 0 amide bonds. The van der Waals surface area contributed by atoms with Gasteiger partial charge in [0.15, 0.2) is 0 Å². The zero-order chi connectivity index (χ0) is 15.6. The molecule has 0 bridgehead atoms. The summed E-state index contributed by atoms with van der Waals surface area (Å²) in [5.74, 6) is 0.627. The van der Waals surface area contributed by atoms with Crippen molar-refractivity contribution in [2.45, 2.75) is 50.0 Å². The van der Waals surface area contributed by atoms with Crippen LogP contribution in [0.4, 0.5) is 5.69 Å². The highest BCUT2D eigenvalue weighted by atomic mass is 32.2. The van der Waals surface area contributed by atoms with Crippen LogP contribution in [0, 0.1) is 5.92 Å². The average Bonchev–Trinajstić information content (AvgIpc) is 2.49. The molecule has 0 radical (unpaired) electrons. The molecule has 3 N–H and O–H groups in total. The Balaban J connectivity index is 2.17. The molecule has 5 nitrogen and oxygen atoms in total. The molecule has 0 aromatic heterocycles. The minimum atomic E-state index is -3.56. The Kier molecular flexibility index (Phi) is 4.78. The van der Waals surface area contributed by atoms with Gasteiger partial charge in [-0.1, -0.05) is 13.3 Å². The number of nitrogen functional groups attached to an aromatic ring is 1. The zero-order valence-electron chi connectivity index (χ0n) is 12.6. The Morgan fingerprint density at radius 2 is 1.90 bits per heavy atom. The van der Waals surface area contributed by atoms with Crippen LogP contribution in [0.15, 0.2) is 23.1 Å². The van der Waals surface area contributed by atoms with E-state index in [0.29, 0.717) is 0 Å². The van der Waals surface area contributed by atoms with Crippen molar-refractivity contribution in [3.8, 4) is 5.75 Å². The van der Waals surface area contributed by atoms with Crippen LogP contribution in [0.3, 0.4) is 0 Å². The maximum absolute atomic E-state index is 12.6. The normalized spacial score (nSPS) is 23.4. The molecule has 1 aromatic carbocycles. The van der Waals surface area contributed by atoms with Gasteiger partial charge in [0.1, 0.15) is 5.75 Å². The number of nitrogens with zero attached hydrogens (tertiary/aromatic N) is 1. The number of phenols is 1. The highest BCUT2D eigenvalue weighted by Gasteiger charge is 2.31. The number of sulfonamides is 1. The Bertz CT molecular complexity index is 593. The Hall–Kier alpha value is -1.27. The Labute approximate surface area is 126 Å². The largest absolute Gasteiger partial charge is 0.506 e. The third kappa shape index (κ3) is 3.32. The van der Waals surface area contributed by atoms with Crippen molar-refractivity contribution in [2.24, 2.45) is 5.92 Å². The van der Waals surface area contributed by atoms with Gasteiger partial charge in [-0.3, -0.25) is 0 Å². The highest BCUT2D eigenvalue weighted by Crippen LogP contribution is 2.32. The van der Waals surface area contributed by atoms with Crippen LogP contribution < -0.4 is 5.73 Å². The fourth-order valence-electron chi connectivity index (χ4n) is 2.97. The molecule has 1 aliphatic rings. The van der Waals surface area contributed by atoms with E-state index in [9.17, 15) is 13.5 Å². The lowest BCUT2D eigenvalue weighted by Gasteiger charge is -2.33. The minimum Gasteiger partial charge on any atom is -0.506 e. The van der Waals surface area contributed by atoms with Gasteiger partial charge in [-0.2, -0.15) is 4.31 Å². The van der Waals surface area contributed by atoms with Gasteiger partial charge in [0, 0.05) is 13.1 Å². The summed E-state index contributed by atoms with van der Waals surface area (Å²) in [5, 5.41) is 9.42. The van der Waals surface area contributed by atoms with E-state index in [1.807, 2.05) is 0 Å². The van der Waals surface area contributed by atoms with Crippen molar-refractivity contribution in [3.63, 3.8) is 0 Å². The molecule has 1 aliphatic carbocycles. The second kappa shape index (κ2) is 6.23. The third-order valence-electron chi connectivity index (χ3n) is 4.58. The lowest BCUT2D eigenvalue weighted by Crippen LogP contribution is -2.39. The number of benzene rings is 1. The molecule has 1 saturated carbocycles. The zero-order valence-corrected chi connectivity index (χ0v) is 13.4. The first kappa shape index (κ1) is 16.1. The fourth-order valence-corrected chi connectivity index (χ4v) is 4.42. The molecule has 0 heterocycles. The number of rotatable bonds is 4. The van der Waals surface area contributed by atoms with Gasteiger partial charge >= 0.3 is 0 Å². The molecule has 0 saturated heterocycles. The van der Waals surface area contributed by atoms with E-state index in [1.54, 1.807) is 7.05 Å². The third-order valence-corrected chi connectivity index (χ3v) is 6.49. The monoisotopic (exact) mass is 312 g/mol. The average molecular weight is 312 g/mol. The smallest absolute Gasteiger partial charge is 0.243 e. The number of nitrogens with two attached hydrogens (primary N) is 1. The predicted octanol–water partition coefficient (Wildman–Crippen LogP) is 2.56. The number of phenolic OH excluding ortho intramolecular Hbond substituents is 1. The van der Waals surface area contributed by atoms with Gasteiger partial charge in [0.25, 0.3) is 0 Å². The van der Waals surface area contributed by atoms with Gasteiger partial charge in [0.2, 0.25) is 10.0 Å². The van der Waals surface area contributed by atoms with Gasteiger partial charge < -0.3 is 10.8 Å². The molecule has 1 aromatic rings. The van der Waals surface area contributed by atoms with Crippen LogP contribution in [0.25, 0.3) is 0 Å². The van der Waals surface area contributed by atoms with Crippen LogP contribution in [0.2, 0.25) is 0 Å². The summed E-state index contributed by atoms with van der Waals surface area (Å²) in [7, 11) is -1.93. The van der Waals surface area contributed by atoms with E-state index in [1.165, 1.54) is 22.5 Å². The summed E-state index contributed by atoms with van der Waals surface area (Å²) in [6, 6.07) is 4.09. The quantitative estimate of drug-likeness (QED) is 0.661. The Morgan fingerprint density at radius 3 is 2.43 bits per heavy atom. The van der Waals surface area contributed by atoms with Gasteiger partial charge in [-0.15, -0.1) is 0 Å². The van der Waals surface area contributed by atoms with Crippen molar-refractivity contribution in [1.82, 2.24) is 4.31 Å². The van der Waals surface area contributed by atoms with Crippen molar-refractivity contribution in [1.29, 1.82) is 0 Å². The summed E-state index contributed by atoms with van der Waals surface area (Å²) in [5.41, 5.74) is 5.68. The molecule has 0 spiro atoms. The molecule has 2 rings (SSSR count). The fraction of sp³-hybridized carbons (Fsp3) is 0.600. The van der Waals surface area contributed by atoms with Crippen LogP contribution in [-0.2, 0) is 10.0 Å². The first-order valence-corrected chi connectivity index (χ1v) is 8.86. The number of aromatic hydroxyl groups is 1. The lowest BCUT2D eigenvalue weighted by atomic mass is 9.85. The van der Waals surface area contributed by atoms with Crippen molar-refractivity contribution < 1.29 is 13.5 Å². The van der Waals surface area contributed by atoms with Crippen LogP contribution >= 0.6 is 0 Å². The van der Waals surface area contributed by atoms with E-state index >= 15 is 0 Å². The van der Waals surface area contributed by atoms with Crippen molar-refractivity contribution >= 4 is 15.7 Å². The van der Waals surface area contributed by atoms with Crippen LogP contribution in [0.5, 0.6) is 5.75 Å². The van der Waals surface area contributed by atoms with Gasteiger partial charge in [0.05, 0.1) is 10.6 Å². The molecule has 0 unspecified atom stereocenters. The highest BCUT2D eigenvalue weighted by molar-refractivity contribution is 7.89. The first-order valence-electron chi connectivity index (χ1n) is 7.42. The van der Waals surface area contributed by atoms with E-state index in [2.05, 4.69) is 6.92 Å². The summed E-state index contributed by atoms with van der Waals surface area (Å²) in [4.78, 5) is 0.137. The van der Waals surface area contributed by atoms with E-state index < -0.39 is 10.0 Å². The second-order valence-electron chi connectivity index (χ2n) is 5.82. The minimum absolute atomic E-state index is 0.0489. The van der Waals surface area contributed by atoms with E-state index in [4.69, 9.17) is 5.73 Å². The molecular weight excluding hydrogens is 288 g/mol. The number of hydrogen-bond donors (Lipinski definition) is 2. The topological polar surface area (TPSA) is 83.6 Å². The first-order chi connectivity index (χ1) is 9.86. The standard InChI is InChI=1S/C15H24N2O3S/c1-3-11-4-6-12(7-5-11)17(2)21(19,20)13-8-9-15(18)14(16)10-13/h8-12,18H,3-7,16H2,1-2H3. The molecule has 6 heteroatoms. The van der Waals surface area contributed by atoms with Crippen LogP contribution in [0.1, 0.15) is 39.0 Å². The maximum atomic E-state index is 12.6. The molecule has 1 fully saturated rings. The van der Waals surface area contributed by atoms with Crippen molar-refractivity contribution in [3.05, 3.63) is 18.2 Å². The van der Waals surface area contributed by atoms with E-state index in [0.717, 1.165) is 38.0 Å². The summed E-state index contributed by atoms with van der Waals surface area (Å²) in [6.45, 7) is 2.19. The molecule has 21 heavy (non-hydrogen) atoms. The second-order valence-corrected chi connectivity index (χ2v) is 7.82. The summed E-state index contributed by atoms with van der Waals surface area (Å²) < 4.78 is 26.7. The molecule has 118 valence electrons. The summed E-state index contributed by atoms with van der Waals surface area (Å²) in [6.07, 6.45) is 5.14. The lowest BCUT2D eigenvalue weighted by molar-refractivity contribution is 0.233. The molecule has 0 atom stereocenters. The summed E-state index contributed by atoms with van der Waals surface area (Å²) >= 11 is 0. The Morgan fingerprint density at radius 1 is 1.29 bits per heavy atom. The van der Waals surface area contributed by atoms with Gasteiger partial charge in [-0.25, -0.2) is 8.42 Å². The maximum Gasteiger partial charge on any atom is 0.243 e. The SMILES string of the molecule is CCC1CCC(N(C)S(=O)(=O)c2ccc(O)c(N)c2)CC1.